The Hall–Kier alpha value is -3.40. The standard InChI is InChI=1S/C18H17FN4O4S/c1-26-15-7-8-16(27-2)17(9-15)28(24,25)23-21-11-13-10-20-22-18(13)12-3-5-14(19)6-4-12/h3-11,23H,1-2H3,(H,20,22)/b21-11-. The molecule has 0 saturated carbocycles. The molecule has 8 nitrogen and oxygen atoms in total. The second-order valence-corrected chi connectivity index (χ2v) is 7.21. The largest absolute Gasteiger partial charge is 0.497 e. The summed E-state index contributed by atoms with van der Waals surface area (Å²) in [4.78, 5) is 2.02. The van der Waals surface area contributed by atoms with Crippen LogP contribution < -0.4 is 14.3 Å². The van der Waals surface area contributed by atoms with Gasteiger partial charge in [-0.3, -0.25) is 5.10 Å². The lowest BCUT2D eigenvalue weighted by molar-refractivity contribution is 0.392. The summed E-state index contributed by atoms with van der Waals surface area (Å²) in [7, 11) is -1.21. The van der Waals surface area contributed by atoms with Crippen molar-refractivity contribution in [2.45, 2.75) is 4.90 Å². The van der Waals surface area contributed by atoms with E-state index in [0.29, 0.717) is 22.6 Å². The number of halogens is 1. The molecular weight excluding hydrogens is 387 g/mol. The van der Waals surface area contributed by atoms with Crippen LogP contribution in [0.15, 0.2) is 58.7 Å². The third-order valence-electron chi connectivity index (χ3n) is 3.84. The van der Waals surface area contributed by atoms with Gasteiger partial charge < -0.3 is 9.47 Å². The molecule has 0 atom stereocenters. The SMILES string of the molecule is COc1ccc(OC)c(S(=O)(=O)N/N=C\c2cn[nH]c2-c2ccc(F)cc2)c1. The van der Waals surface area contributed by atoms with E-state index in [9.17, 15) is 12.8 Å². The predicted molar refractivity (Wildman–Crippen MR) is 101 cm³/mol. The molecule has 2 N–H and O–H groups in total. The van der Waals surface area contributed by atoms with Gasteiger partial charge in [-0.1, -0.05) is 0 Å². The van der Waals surface area contributed by atoms with Crippen molar-refractivity contribution in [1.29, 1.82) is 0 Å². The monoisotopic (exact) mass is 404 g/mol. The maximum Gasteiger partial charge on any atom is 0.280 e. The van der Waals surface area contributed by atoms with Crippen molar-refractivity contribution in [2.24, 2.45) is 5.10 Å². The van der Waals surface area contributed by atoms with Crippen LogP contribution in [0.5, 0.6) is 11.5 Å². The van der Waals surface area contributed by atoms with Crippen molar-refractivity contribution in [3.8, 4) is 22.8 Å². The molecule has 3 rings (SSSR count). The van der Waals surface area contributed by atoms with E-state index in [2.05, 4.69) is 20.1 Å². The fourth-order valence-electron chi connectivity index (χ4n) is 2.45. The number of hydrazone groups is 1. The van der Waals surface area contributed by atoms with E-state index in [0.717, 1.165) is 0 Å². The lowest BCUT2D eigenvalue weighted by Crippen LogP contribution is -2.19. The first kappa shape index (κ1) is 19.4. The Kier molecular flexibility index (Phi) is 5.59. The Morgan fingerprint density at radius 2 is 1.89 bits per heavy atom. The van der Waals surface area contributed by atoms with Gasteiger partial charge in [0.1, 0.15) is 22.2 Å². The molecule has 10 heteroatoms. The van der Waals surface area contributed by atoms with Crippen LogP contribution in [0.1, 0.15) is 5.56 Å². The second kappa shape index (κ2) is 8.09. The number of methoxy groups -OCH3 is 2. The van der Waals surface area contributed by atoms with E-state index in [1.165, 1.54) is 50.9 Å². The van der Waals surface area contributed by atoms with E-state index in [1.807, 2.05) is 0 Å². The van der Waals surface area contributed by atoms with Crippen molar-refractivity contribution < 1.29 is 22.3 Å². The van der Waals surface area contributed by atoms with Gasteiger partial charge in [0.25, 0.3) is 10.0 Å². The topological polar surface area (TPSA) is 106 Å². The Labute approximate surface area is 161 Å². The lowest BCUT2D eigenvalue weighted by Gasteiger charge is -2.10. The minimum atomic E-state index is -4.01. The summed E-state index contributed by atoms with van der Waals surface area (Å²) in [5.41, 5.74) is 1.77. The number of aromatic amines is 1. The molecule has 3 aromatic rings. The fraction of sp³-hybridized carbons (Fsp3) is 0.111. The normalized spacial score (nSPS) is 11.5. The van der Waals surface area contributed by atoms with Gasteiger partial charge in [-0.05, 0) is 36.4 Å². The highest BCUT2D eigenvalue weighted by atomic mass is 32.2. The molecule has 0 aliphatic carbocycles. The number of sulfonamides is 1. The number of hydrogen-bond donors (Lipinski definition) is 2. The highest BCUT2D eigenvalue weighted by molar-refractivity contribution is 7.89. The average molecular weight is 404 g/mol. The first-order chi connectivity index (χ1) is 13.4. The molecule has 28 heavy (non-hydrogen) atoms. The summed E-state index contributed by atoms with van der Waals surface area (Å²) in [5, 5.41) is 10.5. The molecule has 2 aromatic carbocycles. The van der Waals surface area contributed by atoms with Crippen molar-refractivity contribution in [1.82, 2.24) is 15.0 Å². The summed E-state index contributed by atoms with van der Waals surface area (Å²) < 4.78 is 48.4. The van der Waals surface area contributed by atoms with Crippen LogP contribution in [-0.2, 0) is 10.0 Å². The van der Waals surface area contributed by atoms with Crippen molar-refractivity contribution in [3.05, 3.63) is 60.0 Å². The van der Waals surface area contributed by atoms with Crippen LogP contribution in [0.3, 0.4) is 0 Å². The van der Waals surface area contributed by atoms with Gasteiger partial charge in [0, 0.05) is 17.2 Å². The number of ether oxygens (including phenoxy) is 2. The highest BCUT2D eigenvalue weighted by Gasteiger charge is 2.20. The maximum atomic E-state index is 13.1. The quantitative estimate of drug-likeness (QED) is 0.465. The van der Waals surface area contributed by atoms with Crippen LogP contribution >= 0.6 is 0 Å². The van der Waals surface area contributed by atoms with E-state index in [1.54, 1.807) is 18.2 Å². The second-order valence-electron chi connectivity index (χ2n) is 5.58. The average Bonchev–Trinajstić information content (AvgIpc) is 3.16. The summed E-state index contributed by atoms with van der Waals surface area (Å²) in [6.07, 6.45) is 2.77. The van der Waals surface area contributed by atoms with Gasteiger partial charge in [-0.25, -0.2) is 4.39 Å². The highest BCUT2D eigenvalue weighted by Crippen LogP contribution is 2.28. The van der Waals surface area contributed by atoms with Gasteiger partial charge in [0.15, 0.2) is 0 Å². The molecule has 0 bridgehead atoms. The molecule has 0 unspecified atom stereocenters. The molecule has 0 aliphatic rings. The molecule has 1 heterocycles. The van der Waals surface area contributed by atoms with Gasteiger partial charge in [0.05, 0.1) is 32.3 Å². The molecule has 0 spiro atoms. The van der Waals surface area contributed by atoms with Gasteiger partial charge in [0.2, 0.25) is 0 Å². The molecule has 0 aliphatic heterocycles. The van der Waals surface area contributed by atoms with Crippen LogP contribution in [-0.4, -0.2) is 39.0 Å². The molecule has 0 radical (unpaired) electrons. The Morgan fingerprint density at radius 1 is 1.14 bits per heavy atom. The molecule has 0 saturated heterocycles. The van der Waals surface area contributed by atoms with Crippen molar-refractivity contribution in [2.75, 3.05) is 14.2 Å². The fourth-order valence-corrected chi connectivity index (χ4v) is 3.43. The maximum absolute atomic E-state index is 13.1. The number of aromatic nitrogens is 2. The first-order valence-corrected chi connectivity index (χ1v) is 9.49. The lowest BCUT2D eigenvalue weighted by atomic mass is 10.1. The zero-order chi connectivity index (χ0) is 20.1. The molecule has 0 amide bonds. The van der Waals surface area contributed by atoms with E-state index in [-0.39, 0.29) is 16.5 Å². The summed E-state index contributed by atoms with van der Waals surface area (Å²) in [6.45, 7) is 0. The van der Waals surface area contributed by atoms with Crippen LogP contribution in [0.2, 0.25) is 0 Å². The molecular formula is C18H17FN4O4S. The smallest absolute Gasteiger partial charge is 0.280 e. The van der Waals surface area contributed by atoms with Crippen LogP contribution in [0.4, 0.5) is 4.39 Å². The molecule has 1 aromatic heterocycles. The summed E-state index contributed by atoms with van der Waals surface area (Å²) in [5.74, 6) is 0.149. The first-order valence-electron chi connectivity index (χ1n) is 8.01. The zero-order valence-corrected chi connectivity index (χ0v) is 15.8. The van der Waals surface area contributed by atoms with Gasteiger partial charge >= 0.3 is 0 Å². The molecule has 146 valence electrons. The third kappa shape index (κ3) is 4.12. The number of nitrogens with zero attached hydrogens (tertiary/aromatic N) is 2. The van der Waals surface area contributed by atoms with E-state index >= 15 is 0 Å². The van der Waals surface area contributed by atoms with Gasteiger partial charge in [-0.15, -0.1) is 0 Å². The number of H-pyrrole nitrogens is 1. The predicted octanol–water partition coefficient (Wildman–Crippen LogP) is 2.55. The van der Waals surface area contributed by atoms with Crippen LogP contribution in [0, 0.1) is 5.82 Å². The van der Waals surface area contributed by atoms with Gasteiger partial charge in [-0.2, -0.15) is 23.4 Å². The number of hydrogen-bond acceptors (Lipinski definition) is 6. The van der Waals surface area contributed by atoms with E-state index < -0.39 is 10.0 Å². The Balaban J connectivity index is 1.84. The Bertz CT molecular complexity index is 1100. The number of nitrogens with one attached hydrogen (secondary N) is 2. The minimum absolute atomic E-state index is 0.113. The van der Waals surface area contributed by atoms with Crippen molar-refractivity contribution >= 4 is 16.2 Å². The molecule has 0 fully saturated rings. The summed E-state index contributed by atoms with van der Waals surface area (Å²) in [6, 6.07) is 10.2. The van der Waals surface area contributed by atoms with E-state index in [4.69, 9.17) is 9.47 Å². The number of rotatable bonds is 7. The zero-order valence-electron chi connectivity index (χ0n) is 15.0. The Morgan fingerprint density at radius 3 is 2.57 bits per heavy atom. The summed E-state index contributed by atoms with van der Waals surface area (Å²) >= 11 is 0. The number of benzene rings is 2. The van der Waals surface area contributed by atoms with Crippen LogP contribution in [0.25, 0.3) is 11.3 Å². The van der Waals surface area contributed by atoms with Crippen molar-refractivity contribution in [3.63, 3.8) is 0 Å². The minimum Gasteiger partial charge on any atom is -0.497 e. The third-order valence-corrected chi connectivity index (χ3v) is 5.08.